The molecule has 0 aliphatic carbocycles. The first kappa shape index (κ1) is 9.39. The number of nitriles is 1. The van der Waals surface area contributed by atoms with Crippen LogP contribution in [0.3, 0.4) is 0 Å². The fraction of sp³-hybridized carbons (Fsp3) is 0.125. The summed E-state index contributed by atoms with van der Waals surface area (Å²) < 4.78 is 42.1. The molecule has 1 aromatic carbocycles. The van der Waals surface area contributed by atoms with E-state index in [4.69, 9.17) is 5.26 Å². The summed E-state index contributed by atoms with van der Waals surface area (Å²) in [4.78, 5) is 0. The minimum absolute atomic E-state index is 0.415. The van der Waals surface area contributed by atoms with E-state index in [1.807, 2.05) is 0 Å². The van der Waals surface area contributed by atoms with Crippen LogP contribution in [-0.4, -0.2) is 6.61 Å². The van der Waals surface area contributed by atoms with Crippen LogP contribution in [0.1, 0.15) is 0 Å². The Balaban J connectivity index is 2.98. The highest BCUT2D eigenvalue weighted by Gasteiger charge is 2.13. The fourth-order valence-corrected chi connectivity index (χ4v) is 0.730. The van der Waals surface area contributed by atoms with Crippen molar-refractivity contribution in [2.24, 2.45) is 0 Å². The molecular formula is C8H4F3NO. The topological polar surface area (TPSA) is 33.0 Å². The molecule has 0 amide bonds. The Morgan fingerprint density at radius 2 is 1.92 bits per heavy atom. The Hall–Kier alpha value is -1.70. The monoisotopic (exact) mass is 187 g/mol. The van der Waals surface area contributed by atoms with E-state index in [9.17, 15) is 13.2 Å². The minimum Gasteiger partial charge on any atom is -0.476 e. The third-order valence-electron chi connectivity index (χ3n) is 1.29. The second kappa shape index (κ2) is 3.81. The van der Waals surface area contributed by atoms with Crippen LogP contribution < -0.4 is 4.74 Å². The minimum atomic E-state index is -1.60. The molecule has 0 aliphatic rings. The predicted molar refractivity (Wildman–Crippen MR) is 37.4 cm³/mol. The van der Waals surface area contributed by atoms with Gasteiger partial charge < -0.3 is 4.74 Å². The molecule has 0 spiro atoms. The molecule has 0 atom stereocenters. The van der Waals surface area contributed by atoms with Crippen molar-refractivity contribution in [3.63, 3.8) is 0 Å². The lowest BCUT2D eigenvalue weighted by Gasteiger charge is -2.03. The molecule has 0 radical (unpaired) electrons. The number of hydrogen-bond donors (Lipinski definition) is 0. The standard InChI is InChI=1S/C8H4F3NO/c9-5-1-2-6(13-4-3-12)8(11)7(5)10/h1-2H,4H2. The first-order chi connectivity index (χ1) is 6.16. The Labute approximate surface area is 72.2 Å². The quantitative estimate of drug-likeness (QED) is 0.663. The van der Waals surface area contributed by atoms with Crippen LogP contribution in [0, 0.1) is 28.8 Å². The molecule has 0 aliphatic heterocycles. The summed E-state index contributed by atoms with van der Waals surface area (Å²) >= 11 is 0. The van der Waals surface area contributed by atoms with Crippen LogP contribution in [0.2, 0.25) is 0 Å². The maximum atomic E-state index is 12.7. The van der Waals surface area contributed by atoms with E-state index in [-0.39, 0.29) is 0 Å². The molecule has 5 heteroatoms. The van der Waals surface area contributed by atoms with Crippen LogP contribution in [-0.2, 0) is 0 Å². The van der Waals surface area contributed by atoms with Crippen molar-refractivity contribution < 1.29 is 17.9 Å². The summed E-state index contributed by atoms with van der Waals surface area (Å²) in [5.74, 6) is -4.78. The van der Waals surface area contributed by atoms with Gasteiger partial charge in [0.05, 0.1) is 0 Å². The average Bonchev–Trinajstić information content (AvgIpc) is 2.13. The first-order valence-corrected chi connectivity index (χ1v) is 3.30. The molecule has 0 bridgehead atoms. The van der Waals surface area contributed by atoms with Crippen molar-refractivity contribution in [3.05, 3.63) is 29.6 Å². The SMILES string of the molecule is N#CCOc1ccc(F)c(F)c1F. The van der Waals surface area contributed by atoms with Crippen molar-refractivity contribution in [1.29, 1.82) is 5.26 Å². The van der Waals surface area contributed by atoms with Gasteiger partial charge in [-0.3, -0.25) is 0 Å². The van der Waals surface area contributed by atoms with Crippen molar-refractivity contribution >= 4 is 0 Å². The number of rotatable bonds is 2. The van der Waals surface area contributed by atoms with E-state index in [2.05, 4.69) is 4.74 Å². The highest BCUT2D eigenvalue weighted by Crippen LogP contribution is 2.21. The molecule has 0 heterocycles. The molecule has 2 nitrogen and oxygen atoms in total. The molecular weight excluding hydrogens is 183 g/mol. The lowest BCUT2D eigenvalue weighted by Crippen LogP contribution is -1.99. The molecule has 0 fully saturated rings. The molecule has 0 saturated carbocycles. The summed E-state index contributed by atoms with van der Waals surface area (Å²) in [5, 5.41) is 8.08. The van der Waals surface area contributed by atoms with Crippen LogP contribution in [0.4, 0.5) is 13.2 Å². The Bertz CT molecular complexity index is 359. The number of nitrogens with zero attached hydrogens (tertiary/aromatic N) is 1. The largest absolute Gasteiger partial charge is 0.476 e. The Morgan fingerprint density at radius 1 is 1.23 bits per heavy atom. The van der Waals surface area contributed by atoms with Crippen molar-refractivity contribution in [1.82, 2.24) is 0 Å². The molecule has 0 aromatic heterocycles. The molecule has 0 N–H and O–H groups in total. The van der Waals surface area contributed by atoms with E-state index >= 15 is 0 Å². The number of benzene rings is 1. The van der Waals surface area contributed by atoms with Gasteiger partial charge in [-0.15, -0.1) is 0 Å². The highest BCUT2D eigenvalue weighted by atomic mass is 19.2. The van der Waals surface area contributed by atoms with Gasteiger partial charge in [-0.05, 0) is 12.1 Å². The number of halogens is 3. The highest BCUT2D eigenvalue weighted by molar-refractivity contribution is 5.26. The van der Waals surface area contributed by atoms with E-state index in [1.54, 1.807) is 6.07 Å². The van der Waals surface area contributed by atoms with Crippen molar-refractivity contribution in [2.75, 3.05) is 6.61 Å². The molecule has 0 saturated heterocycles. The maximum absolute atomic E-state index is 12.7. The third-order valence-corrected chi connectivity index (χ3v) is 1.29. The van der Waals surface area contributed by atoms with Gasteiger partial charge in [0.25, 0.3) is 0 Å². The average molecular weight is 187 g/mol. The normalized spacial score (nSPS) is 9.38. The smallest absolute Gasteiger partial charge is 0.203 e. The van der Waals surface area contributed by atoms with E-state index in [0.717, 1.165) is 12.1 Å². The third kappa shape index (κ3) is 1.90. The van der Waals surface area contributed by atoms with Gasteiger partial charge in [0.1, 0.15) is 6.07 Å². The molecule has 1 aromatic rings. The van der Waals surface area contributed by atoms with Gasteiger partial charge in [0.2, 0.25) is 5.82 Å². The Morgan fingerprint density at radius 3 is 2.54 bits per heavy atom. The summed E-state index contributed by atoms with van der Waals surface area (Å²) in [5.41, 5.74) is 0. The van der Waals surface area contributed by atoms with E-state index in [0.29, 0.717) is 0 Å². The predicted octanol–water partition coefficient (Wildman–Crippen LogP) is 2.01. The Kier molecular flexibility index (Phi) is 2.75. The molecule has 13 heavy (non-hydrogen) atoms. The summed E-state index contributed by atoms with van der Waals surface area (Å²) in [6.07, 6.45) is 0. The number of ether oxygens (including phenoxy) is 1. The van der Waals surface area contributed by atoms with Crippen LogP contribution in [0.5, 0.6) is 5.75 Å². The molecule has 68 valence electrons. The van der Waals surface area contributed by atoms with Gasteiger partial charge in [0.15, 0.2) is 24.0 Å². The second-order valence-electron chi connectivity index (χ2n) is 2.12. The fourth-order valence-electron chi connectivity index (χ4n) is 0.730. The zero-order valence-corrected chi connectivity index (χ0v) is 6.35. The summed E-state index contributed by atoms with van der Waals surface area (Å²) in [6.45, 7) is -0.415. The second-order valence-corrected chi connectivity index (χ2v) is 2.12. The maximum Gasteiger partial charge on any atom is 0.203 e. The zero-order valence-electron chi connectivity index (χ0n) is 6.35. The lowest BCUT2D eigenvalue weighted by atomic mass is 10.3. The van der Waals surface area contributed by atoms with Gasteiger partial charge in [-0.1, -0.05) is 0 Å². The van der Waals surface area contributed by atoms with Gasteiger partial charge in [0, 0.05) is 0 Å². The van der Waals surface area contributed by atoms with Crippen molar-refractivity contribution in [3.8, 4) is 11.8 Å². The summed E-state index contributed by atoms with van der Waals surface area (Å²) in [7, 11) is 0. The van der Waals surface area contributed by atoms with Crippen LogP contribution >= 0.6 is 0 Å². The van der Waals surface area contributed by atoms with E-state index in [1.165, 1.54) is 0 Å². The molecule has 0 unspecified atom stereocenters. The summed E-state index contributed by atoms with van der Waals surface area (Å²) in [6, 6.07) is 3.22. The van der Waals surface area contributed by atoms with Gasteiger partial charge in [-0.2, -0.15) is 9.65 Å². The van der Waals surface area contributed by atoms with Crippen molar-refractivity contribution in [2.45, 2.75) is 0 Å². The zero-order chi connectivity index (χ0) is 9.84. The molecule has 1 rings (SSSR count). The lowest BCUT2D eigenvalue weighted by molar-refractivity contribution is 0.330. The number of hydrogen-bond acceptors (Lipinski definition) is 2. The van der Waals surface area contributed by atoms with Gasteiger partial charge in [-0.25, -0.2) is 8.78 Å². The first-order valence-electron chi connectivity index (χ1n) is 3.30. The van der Waals surface area contributed by atoms with Crippen LogP contribution in [0.25, 0.3) is 0 Å². The van der Waals surface area contributed by atoms with E-state index < -0.39 is 29.8 Å². The van der Waals surface area contributed by atoms with Gasteiger partial charge >= 0.3 is 0 Å². The van der Waals surface area contributed by atoms with Crippen LogP contribution in [0.15, 0.2) is 12.1 Å².